The van der Waals surface area contributed by atoms with E-state index in [1.54, 1.807) is 18.6 Å². The molecule has 4 aromatic heterocycles. The van der Waals surface area contributed by atoms with Gasteiger partial charge in [0.2, 0.25) is 17.7 Å². The number of nitrogens with two attached hydrogens (primary N) is 1. The van der Waals surface area contributed by atoms with Crippen LogP contribution in [-0.2, 0) is 42.3 Å². The first kappa shape index (κ1) is 78.3. The minimum Gasteiger partial charge on any atom is -0.399 e. The molecule has 0 atom stereocenters. The summed E-state index contributed by atoms with van der Waals surface area (Å²) >= 11 is 8.82. The van der Waals surface area contributed by atoms with Crippen molar-refractivity contribution in [3.05, 3.63) is 139 Å². The average molecular weight is 1660 g/mol. The Balaban J connectivity index is 0.000000178. The van der Waals surface area contributed by atoms with Gasteiger partial charge in [-0.25, -0.2) is 19.9 Å². The van der Waals surface area contributed by atoms with Gasteiger partial charge in [0, 0.05) is 99.7 Å². The standard InChI is InChI=1S/C19H22N6O.C18H27BN2O3.C14H19BClNO3.C12H18BNO2.C7H7BrN4.U.H2/c1-20-18-19-22-12-16(25(19)11-8-21-18)14-4-6-15(7-5-14)23-17(26)13-24-9-2-3-10-24;1-17(2)18(3,4)24-19(23-17)14-7-9-15(10-8-14)20-16(22)13-21-11-5-6-12-21;1-13(2)14(3,4)20-15(19-13)10-5-7-11(8-6-10)17-12(18)9-16;1-11(2)12(3,4)16-13(15-11)9-5-7-10(14)8-6-9;1-9-6-7-11-4-5(8)12(7)3-2-10-6;;/h4-8,11-12H,2-3,9-10,13H2,1H3,(H,20,21)(H,23,26);7-10H,5-6,11-13H2,1-4H3,(H,20,22);5-8H,9H2,1-4H3,(H,17,18);5-8H,14H2,1-4H3;2-4H,1H3,(H,9,10);;1H/i;;;;;;1+2. The Bertz CT molecular complexity index is 3950. The summed E-state index contributed by atoms with van der Waals surface area (Å²) in [6.45, 7) is 29.4. The van der Waals surface area contributed by atoms with Crippen LogP contribution in [-0.4, -0.2) is 170 Å². The largest absolute Gasteiger partial charge is 0.494 e. The summed E-state index contributed by atoms with van der Waals surface area (Å²) in [7, 11) is 2.59. The minimum atomic E-state index is -0.391. The molecule has 4 aromatic carbocycles. The normalized spacial score (nSPS) is 18.3. The fourth-order valence-electron chi connectivity index (χ4n) is 11.0. The van der Waals surface area contributed by atoms with Crippen molar-refractivity contribution in [2.45, 2.75) is 142 Å². The number of hydrogen-bond acceptors (Lipinski definition) is 18. The zero-order chi connectivity index (χ0) is 70.8. The molecule has 7 N–H and O–H groups in total. The predicted octanol–water partition coefficient (Wildman–Crippen LogP) is 10.0. The number of anilines is 6. The average Bonchev–Trinajstić information content (AvgIpc) is 1.67. The molecule has 9 heterocycles. The van der Waals surface area contributed by atoms with Gasteiger partial charge < -0.3 is 60.2 Å². The van der Waals surface area contributed by atoms with E-state index in [9.17, 15) is 14.4 Å². The molecule has 0 radical (unpaired) electrons. The second-order valence-electron chi connectivity index (χ2n) is 27.7. The molecule has 99 heavy (non-hydrogen) atoms. The van der Waals surface area contributed by atoms with Crippen molar-refractivity contribution in [1.29, 1.82) is 0 Å². The van der Waals surface area contributed by atoms with Crippen molar-refractivity contribution in [3.63, 3.8) is 0 Å². The maximum absolute atomic E-state index is 12.1. The van der Waals surface area contributed by atoms with Crippen LogP contribution in [0.4, 0.5) is 34.4 Å². The van der Waals surface area contributed by atoms with E-state index in [0.29, 0.717) is 18.8 Å². The number of amides is 3. The van der Waals surface area contributed by atoms with Crippen LogP contribution in [0.3, 0.4) is 0 Å². The number of nitrogen functional groups attached to an aromatic ring is 1. The van der Waals surface area contributed by atoms with E-state index in [2.05, 4.69) is 72.2 Å². The topological polar surface area (TPSA) is 260 Å². The number of rotatable bonds is 14. The van der Waals surface area contributed by atoms with Crippen LogP contribution >= 0.6 is 27.5 Å². The first-order valence-corrected chi connectivity index (χ1v) is 34.5. The summed E-state index contributed by atoms with van der Waals surface area (Å²) in [4.78, 5) is 56.8. The number of nitrogens with one attached hydrogen (secondary N) is 5. The Morgan fingerprint density at radius 3 is 1.18 bits per heavy atom. The number of carbonyl (C=O) groups excluding carboxylic acids is 3. The number of nitrogens with zero attached hydrogens (tertiary/aromatic N) is 8. The van der Waals surface area contributed by atoms with Crippen LogP contribution in [0, 0.1) is 31.1 Å². The van der Waals surface area contributed by atoms with Crippen molar-refractivity contribution in [1.82, 2.24) is 38.5 Å². The number of benzene rings is 4. The van der Waals surface area contributed by atoms with E-state index in [-0.39, 0.29) is 104 Å². The molecule has 29 heteroatoms. The van der Waals surface area contributed by atoms with E-state index in [1.165, 1.54) is 25.7 Å². The molecule has 0 aliphatic carbocycles. The molecule has 5 aliphatic rings. The van der Waals surface area contributed by atoms with Gasteiger partial charge in [-0.15, -0.1) is 11.6 Å². The van der Waals surface area contributed by atoms with Crippen molar-refractivity contribution >= 4 is 129 Å². The second kappa shape index (κ2) is 33.6. The molecule has 526 valence electrons. The number of halogens is 2. The van der Waals surface area contributed by atoms with Crippen molar-refractivity contribution in [2.75, 3.05) is 91.6 Å². The van der Waals surface area contributed by atoms with Gasteiger partial charge in [0.1, 0.15) is 10.5 Å². The maximum Gasteiger partial charge on any atom is 0.494 e. The molecule has 0 unspecified atom stereocenters. The molecule has 0 bridgehead atoms. The van der Waals surface area contributed by atoms with Gasteiger partial charge in [-0.05, 0) is 216 Å². The monoisotopic (exact) mass is 1660 g/mol. The van der Waals surface area contributed by atoms with Crippen LogP contribution in [0.15, 0.2) is 139 Å². The molecule has 13 rings (SSSR count). The van der Waals surface area contributed by atoms with Gasteiger partial charge in [-0.3, -0.25) is 33.0 Å². The Morgan fingerprint density at radius 1 is 0.495 bits per heavy atom. The summed E-state index contributed by atoms with van der Waals surface area (Å²) in [5.41, 5.74) is 13.2. The van der Waals surface area contributed by atoms with Crippen molar-refractivity contribution in [3.8, 4) is 11.3 Å². The molecule has 8 aromatic rings. The third-order valence-electron chi connectivity index (χ3n) is 18.9. The summed E-state index contributed by atoms with van der Waals surface area (Å²) in [6, 6.07) is 30.5. The molecule has 3 amide bonds. The Hall–Kier alpha value is -6.37. The zero-order valence-electron chi connectivity index (χ0n) is 59.3. The van der Waals surface area contributed by atoms with Gasteiger partial charge in [0.25, 0.3) is 0 Å². The second-order valence-corrected chi connectivity index (χ2v) is 28.7. The SMILES string of the molecule is CC1(C)OB(c2ccc(N)cc2)OC1(C)C.CC1(C)OB(c2ccc(NC(=O)CCl)cc2)OC1(C)C.CC1(C)OB(c2ccc(NC(=O)CN3CCCC3)cc2)OC1(C)C.CNc1nccn2c(-c3ccc(NC(=O)CN4CCCC4)cc3)cnc12.CNc1nccn2c(Br)cnc12.[3HH].[U]. The first-order chi connectivity index (χ1) is 46.4. The summed E-state index contributed by atoms with van der Waals surface area (Å²) < 4.78 is 40.7. The molecular weight excluding hydrogens is 1570 g/mol. The molecule has 5 aliphatic heterocycles. The van der Waals surface area contributed by atoms with Crippen molar-refractivity contribution in [2.24, 2.45) is 0 Å². The third-order valence-corrected chi connectivity index (χ3v) is 19.7. The van der Waals surface area contributed by atoms with Crippen LogP contribution in [0.1, 0.15) is 110 Å². The van der Waals surface area contributed by atoms with E-state index in [1.807, 2.05) is 222 Å². The fraction of sp³-hybridized carbons (Fsp3) is 0.443. The van der Waals surface area contributed by atoms with Gasteiger partial charge in [-0.2, -0.15) is 0 Å². The summed E-state index contributed by atoms with van der Waals surface area (Å²) in [5.74, 6) is 1.32. The number of likely N-dealkylation sites (tertiary alicyclic amines) is 2. The van der Waals surface area contributed by atoms with Gasteiger partial charge in [-0.1, -0.05) is 48.5 Å². The van der Waals surface area contributed by atoms with Crippen LogP contribution < -0.4 is 48.7 Å². The zero-order valence-corrected chi connectivity index (χ0v) is 65.8. The molecule has 0 saturated carbocycles. The number of alkyl halides is 1. The molecular formula is C70H95B3BrClN14O9U. The van der Waals surface area contributed by atoms with Gasteiger partial charge >= 0.3 is 21.4 Å². The van der Waals surface area contributed by atoms with Crippen LogP contribution in [0.25, 0.3) is 22.6 Å². The Labute approximate surface area is 621 Å². The summed E-state index contributed by atoms with van der Waals surface area (Å²) in [5, 5.41) is 14.6. The van der Waals surface area contributed by atoms with Gasteiger partial charge in [0.05, 0.1) is 64.8 Å². The minimum absolute atomic E-state index is 0. The number of fused-ring (bicyclic) bond motifs is 2. The first-order valence-electron chi connectivity index (χ1n) is 33.2. The van der Waals surface area contributed by atoms with Gasteiger partial charge in [0.15, 0.2) is 22.9 Å². The maximum atomic E-state index is 12.1. The predicted molar refractivity (Wildman–Crippen MR) is 399 cm³/mol. The van der Waals surface area contributed by atoms with E-state index >= 15 is 0 Å². The van der Waals surface area contributed by atoms with Crippen molar-refractivity contribution < 1.29 is 74.8 Å². The fourth-order valence-corrected chi connectivity index (χ4v) is 11.5. The molecule has 0 spiro atoms. The Morgan fingerprint density at radius 2 is 0.818 bits per heavy atom. The van der Waals surface area contributed by atoms with E-state index < -0.39 is 7.12 Å². The number of carbonyl (C=O) groups is 3. The van der Waals surface area contributed by atoms with E-state index in [0.717, 1.165) is 98.4 Å². The number of imidazole rings is 2. The molecule has 23 nitrogen and oxygen atoms in total. The smallest absolute Gasteiger partial charge is 0.399 e. The quantitative estimate of drug-likeness (QED) is 0.0336. The third kappa shape index (κ3) is 19.8. The van der Waals surface area contributed by atoms with Crippen LogP contribution in [0.2, 0.25) is 0 Å². The van der Waals surface area contributed by atoms with E-state index in [4.69, 9.17) is 45.3 Å². The number of hydrogen-bond donors (Lipinski definition) is 6. The van der Waals surface area contributed by atoms with Crippen LogP contribution in [0.5, 0.6) is 0 Å². The number of aromatic nitrogens is 6. The molecule has 5 fully saturated rings. The Kier molecular flexibility index (Phi) is 26.6. The summed E-state index contributed by atoms with van der Waals surface area (Å²) in [6.07, 6.45) is 15.6. The molecule has 5 saturated heterocycles.